The first kappa shape index (κ1) is 14.0. The van der Waals surface area contributed by atoms with Crippen LogP contribution in [-0.4, -0.2) is 13.2 Å². The zero-order chi connectivity index (χ0) is 14.8. The normalized spacial score (nSPS) is 20.5. The molecule has 2 atom stereocenters. The second kappa shape index (κ2) is 5.80. The SMILES string of the molecule is COc1ccc(C)cc1CC1Nc2ccccc2CC1C. The summed E-state index contributed by atoms with van der Waals surface area (Å²) in [6, 6.07) is 15.5. The van der Waals surface area contributed by atoms with Crippen LogP contribution < -0.4 is 10.1 Å². The van der Waals surface area contributed by atoms with Crippen LogP contribution in [0.1, 0.15) is 23.6 Å². The number of anilines is 1. The first-order valence-corrected chi connectivity index (χ1v) is 7.65. The Labute approximate surface area is 127 Å². The molecule has 1 heterocycles. The molecule has 2 unspecified atom stereocenters. The molecule has 0 amide bonds. The summed E-state index contributed by atoms with van der Waals surface area (Å²) in [6.07, 6.45) is 2.14. The number of nitrogens with one attached hydrogen (secondary N) is 1. The molecule has 1 aliphatic heterocycles. The van der Waals surface area contributed by atoms with Gasteiger partial charge in [0.1, 0.15) is 5.75 Å². The highest BCUT2D eigenvalue weighted by Crippen LogP contribution is 2.31. The minimum absolute atomic E-state index is 0.454. The third-order valence-corrected chi connectivity index (χ3v) is 4.46. The molecule has 2 nitrogen and oxygen atoms in total. The number of hydrogen-bond donors (Lipinski definition) is 1. The predicted molar refractivity (Wildman–Crippen MR) is 88.2 cm³/mol. The van der Waals surface area contributed by atoms with Gasteiger partial charge in [-0.1, -0.05) is 42.8 Å². The van der Waals surface area contributed by atoms with E-state index in [2.05, 4.69) is 61.6 Å². The van der Waals surface area contributed by atoms with Gasteiger partial charge in [0.2, 0.25) is 0 Å². The maximum atomic E-state index is 5.52. The van der Waals surface area contributed by atoms with Gasteiger partial charge < -0.3 is 10.1 Å². The molecule has 0 saturated carbocycles. The largest absolute Gasteiger partial charge is 0.496 e. The third kappa shape index (κ3) is 2.90. The maximum absolute atomic E-state index is 5.52. The monoisotopic (exact) mass is 281 g/mol. The van der Waals surface area contributed by atoms with Crippen LogP contribution in [0.15, 0.2) is 42.5 Å². The Morgan fingerprint density at radius 3 is 2.81 bits per heavy atom. The average Bonchev–Trinajstić information content (AvgIpc) is 2.48. The van der Waals surface area contributed by atoms with E-state index in [9.17, 15) is 0 Å². The molecule has 2 aromatic carbocycles. The highest BCUT2D eigenvalue weighted by molar-refractivity contribution is 5.54. The highest BCUT2D eigenvalue weighted by atomic mass is 16.5. The molecular weight excluding hydrogens is 258 g/mol. The zero-order valence-electron chi connectivity index (χ0n) is 13.0. The Hall–Kier alpha value is -1.96. The number of para-hydroxylation sites is 1. The molecule has 110 valence electrons. The van der Waals surface area contributed by atoms with Crippen molar-refractivity contribution in [3.8, 4) is 5.75 Å². The lowest BCUT2D eigenvalue weighted by Crippen LogP contribution is -2.35. The van der Waals surface area contributed by atoms with Crippen LogP contribution >= 0.6 is 0 Å². The Morgan fingerprint density at radius 2 is 2.00 bits per heavy atom. The van der Waals surface area contributed by atoms with Gasteiger partial charge in [-0.2, -0.15) is 0 Å². The molecule has 0 aliphatic carbocycles. The summed E-state index contributed by atoms with van der Waals surface area (Å²) in [5, 5.41) is 3.71. The van der Waals surface area contributed by atoms with Gasteiger partial charge in [-0.15, -0.1) is 0 Å². The van der Waals surface area contributed by atoms with Crippen molar-refractivity contribution in [2.75, 3.05) is 12.4 Å². The fraction of sp³-hybridized carbons (Fsp3) is 0.368. The molecule has 2 aromatic rings. The Morgan fingerprint density at radius 1 is 1.19 bits per heavy atom. The van der Waals surface area contributed by atoms with Crippen LogP contribution in [0.25, 0.3) is 0 Å². The molecule has 2 heteroatoms. The molecule has 1 aliphatic rings. The molecule has 3 rings (SSSR count). The van der Waals surface area contributed by atoms with Gasteiger partial charge in [0.05, 0.1) is 7.11 Å². The van der Waals surface area contributed by atoms with E-state index < -0.39 is 0 Å². The van der Waals surface area contributed by atoms with Crippen LogP contribution in [0.4, 0.5) is 5.69 Å². The molecule has 0 spiro atoms. The Kier molecular flexibility index (Phi) is 3.87. The molecule has 0 bridgehead atoms. The van der Waals surface area contributed by atoms with Gasteiger partial charge in [0.15, 0.2) is 0 Å². The van der Waals surface area contributed by atoms with Crippen LogP contribution in [0, 0.1) is 12.8 Å². The van der Waals surface area contributed by atoms with Crippen molar-refractivity contribution in [1.29, 1.82) is 0 Å². The van der Waals surface area contributed by atoms with Gasteiger partial charge in [-0.05, 0) is 48.9 Å². The van der Waals surface area contributed by atoms with Crippen LogP contribution in [0.3, 0.4) is 0 Å². The molecule has 0 fully saturated rings. The zero-order valence-corrected chi connectivity index (χ0v) is 13.0. The quantitative estimate of drug-likeness (QED) is 0.909. The predicted octanol–water partition coefficient (Wildman–Crippen LogP) is 4.22. The van der Waals surface area contributed by atoms with E-state index in [0.717, 1.165) is 18.6 Å². The third-order valence-electron chi connectivity index (χ3n) is 4.46. The number of methoxy groups -OCH3 is 1. The smallest absolute Gasteiger partial charge is 0.122 e. The topological polar surface area (TPSA) is 21.3 Å². The van der Waals surface area contributed by atoms with E-state index in [1.165, 1.54) is 22.4 Å². The fourth-order valence-corrected chi connectivity index (χ4v) is 3.23. The number of aryl methyl sites for hydroxylation is 1. The number of benzene rings is 2. The summed E-state index contributed by atoms with van der Waals surface area (Å²) < 4.78 is 5.52. The van der Waals surface area contributed by atoms with Crippen molar-refractivity contribution >= 4 is 5.69 Å². The molecule has 0 aromatic heterocycles. The van der Waals surface area contributed by atoms with E-state index in [0.29, 0.717) is 12.0 Å². The number of rotatable bonds is 3. The lowest BCUT2D eigenvalue weighted by Gasteiger charge is -2.33. The fourth-order valence-electron chi connectivity index (χ4n) is 3.23. The standard InChI is InChI=1S/C19H23NO/c1-13-8-9-19(21-3)16(10-13)12-18-14(2)11-15-6-4-5-7-17(15)20-18/h4-10,14,18,20H,11-12H2,1-3H3. The van der Waals surface area contributed by atoms with Crippen LogP contribution in [0.5, 0.6) is 5.75 Å². The van der Waals surface area contributed by atoms with E-state index in [1.54, 1.807) is 7.11 Å². The van der Waals surface area contributed by atoms with Crippen LogP contribution in [-0.2, 0) is 12.8 Å². The summed E-state index contributed by atoms with van der Waals surface area (Å²) in [7, 11) is 1.75. The molecule has 21 heavy (non-hydrogen) atoms. The van der Waals surface area contributed by atoms with E-state index in [-0.39, 0.29) is 0 Å². The molecule has 0 radical (unpaired) electrons. The summed E-state index contributed by atoms with van der Waals surface area (Å²) in [4.78, 5) is 0. The Bertz CT molecular complexity index is 635. The minimum atomic E-state index is 0.454. The van der Waals surface area contributed by atoms with Crippen LogP contribution in [0.2, 0.25) is 0 Å². The summed E-state index contributed by atoms with van der Waals surface area (Å²) in [5.74, 6) is 1.61. The maximum Gasteiger partial charge on any atom is 0.122 e. The summed E-state index contributed by atoms with van der Waals surface area (Å²) >= 11 is 0. The minimum Gasteiger partial charge on any atom is -0.496 e. The average molecular weight is 281 g/mol. The van der Waals surface area contributed by atoms with Crippen molar-refractivity contribution < 1.29 is 4.74 Å². The van der Waals surface area contributed by atoms with E-state index in [4.69, 9.17) is 4.74 Å². The van der Waals surface area contributed by atoms with Crippen molar-refractivity contribution in [3.05, 3.63) is 59.2 Å². The Balaban J connectivity index is 1.84. The highest BCUT2D eigenvalue weighted by Gasteiger charge is 2.25. The number of hydrogen-bond acceptors (Lipinski definition) is 2. The first-order chi connectivity index (χ1) is 10.2. The van der Waals surface area contributed by atoms with Crippen molar-refractivity contribution in [1.82, 2.24) is 0 Å². The number of fused-ring (bicyclic) bond motifs is 1. The lowest BCUT2D eigenvalue weighted by molar-refractivity contribution is 0.401. The second-order valence-corrected chi connectivity index (χ2v) is 6.11. The van der Waals surface area contributed by atoms with E-state index in [1.807, 2.05) is 0 Å². The second-order valence-electron chi connectivity index (χ2n) is 6.11. The van der Waals surface area contributed by atoms with Gasteiger partial charge in [0, 0.05) is 11.7 Å². The van der Waals surface area contributed by atoms with Crippen molar-refractivity contribution in [2.45, 2.75) is 32.7 Å². The molecular formula is C19H23NO. The molecule has 1 N–H and O–H groups in total. The van der Waals surface area contributed by atoms with E-state index >= 15 is 0 Å². The molecule has 0 saturated heterocycles. The van der Waals surface area contributed by atoms with Gasteiger partial charge in [-0.25, -0.2) is 0 Å². The number of ether oxygens (including phenoxy) is 1. The van der Waals surface area contributed by atoms with Gasteiger partial charge in [0.25, 0.3) is 0 Å². The lowest BCUT2D eigenvalue weighted by atomic mass is 9.85. The van der Waals surface area contributed by atoms with Crippen molar-refractivity contribution in [2.24, 2.45) is 5.92 Å². The van der Waals surface area contributed by atoms with Crippen molar-refractivity contribution in [3.63, 3.8) is 0 Å². The van der Waals surface area contributed by atoms with Gasteiger partial charge >= 0.3 is 0 Å². The van der Waals surface area contributed by atoms with Gasteiger partial charge in [-0.3, -0.25) is 0 Å². The summed E-state index contributed by atoms with van der Waals surface area (Å²) in [5.41, 5.74) is 5.29. The first-order valence-electron chi connectivity index (χ1n) is 7.65. The summed E-state index contributed by atoms with van der Waals surface area (Å²) in [6.45, 7) is 4.46.